The summed E-state index contributed by atoms with van der Waals surface area (Å²) in [6.45, 7) is 1.90. The Morgan fingerprint density at radius 3 is 2.52 bits per heavy atom. The Hall–Kier alpha value is -2.20. The maximum atomic E-state index is 12.3. The van der Waals surface area contributed by atoms with Crippen LogP contribution in [0.25, 0.3) is 0 Å². The molecule has 0 fully saturated rings. The Morgan fingerprint density at radius 2 is 1.90 bits per heavy atom. The maximum absolute atomic E-state index is 12.3. The van der Waals surface area contributed by atoms with E-state index in [-0.39, 0.29) is 11.9 Å². The molecule has 0 unspecified atom stereocenters. The summed E-state index contributed by atoms with van der Waals surface area (Å²) in [4.78, 5) is 12.3. The molecule has 2 aromatic rings. The van der Waals surface area contributed by atoms with Crippen LogP contribution in [0.4, 0.5) is 5.69 Å². The van der Waals surface area contributed by atoms with Gasteiger partial charge in [-0.25, -0.2) is 0 Å². The molecule has 1 amide bonds. The van der Waals surface area contributed by atoms with Gasteiger partial charge < -0.3 is 15.8 Å². The summed E-state index contributed by atoms with van der Waals surface area (Å²) in [5.41, 5.74) is 7.62. The smallest absolute Gasteiger partial charge is 0.253 e. The molecule has 0 saturated heterocycles. The molecule has 0 spiro atoms. The van der Waals surface area contributed by atoms with Crippen molar-refractivity contribution in [2.24, 2.45) is 0 Å². The minimum Gasteiger partial charge on any atom is -0.497 e. The van der Waals surface area contributed by atoms with Crippen LogP contribution in [0.3, 0.4) is 0 Å². The van der Waals surface area contributed by atoms with Crippen LogP contribution in [0.5, 0.6) is 5.75 Å². The van der Waals surface area contributed by atoms with Gasteiger partial charge in [0, 0.05) is 10.7 Å². The minimum atomic E-state index is -0.242. The number of hydrogen-bond donors (Lipinski definition) is 2. The predicted octanol–water partition coefficient (Wildman–Crippen LogP) is 3.42. The Balaban J connectivity index is 2.15. The normalized spacial score (nSPS) is 11.8. The van der Waals surface area contributed by atoms with E-state index in [0.29, 0.717) is 22.0 Å². The average Bonchev–Trinajstić information content (AvgIpc) is 2.48. The fourth-order valence-electron chi connectivity index (χ4n) is 1.97. The van der Waals surface area contributed by atoms with Crippen LogP contribution >= 0.6 is 11.6 Å². The molecular weight excluding hydrogens is 288 g/mol. The highest BCUT2D eigenvalue weighted by molar-refractivity contribution is 6.30. The number of nitrogen functional groups attached to an aromatic ring is 1. The largest absolute Gasteiger partial charge is 0.497 e. The minimum absolute atomic E-state index is 0.152. The Morgan fingerprint density at radius 1 is 1.24 bits per heavy atom. The lowest BCUT2D eigenvalue weighted by molar-refractivity contribution is 0.0940. The quantitative estimate of drug-likeness (QED) is 0.851. The lowest BCUT2D eigenvalue weighted by Gasteiger charge is -2.15. The number of methoxy groups -OCH3 is 1. The van der Waals surface area contributed by atoms with Gasteiger partial charge >= 0.3 is 0 Å². The second kappa shape index (κ2) is 6.50. The van der Waals surface area contributed by atoms with Crippen molar-refractivity contribution >= 4 is 23.2 Å². The highest BCUT2D eigenvalue weighted by atomic mass is 35.5. The molecule has 5 heteroatoms. The maximum Gasteiger partial charge on any atom is 0.253 e. The van der Waals surface area contributed by atoms with Crippen molar-refractivity contribution in [2.45, 2.75) is 13.0 Å². The average molecular weight is 305 g/mol. The molecule has 0 aromatic heterocycles. The first-order valence-corrected chi connectivity index (χ1v) is 6.89. The SMILES string of the molecule is COc1ccc(N)c(C(=O)N[C@H](C)c2ccc(Cl)cc2)c1. The lowest BCUT2D eigenvalue weighted by atomic mass is 10.1. The summed E-state index contributed by atoms with van der Waals surface area (Å²) in [6.07, 6.45) is 0. The topological polar surface area (TPSA) is 64.3 Å². The zero-order valence-electron chi connectivity index (χ0n) is 11.9. The van der Waals surface area contributed by atoms with Crippen molar-refractivity contribution in [1.29, 1.82) is 0 Å². The van der Waals surface area contributed by atoms with E-state index in [0.717, 1.165) is 5.56 Å². The van der Waals surface area contributed by atoms with Gasteiger partial charge in [-0.05, 0) is 42.8 Å². The highest BCUT2D eigenvalue weighted by Gasteiger charge is 2.14. The molecule has 0 saturated carbocycles. The Bertz CT molecular complexity index is 641. The van der Waals surface area contributed by atoms with Crippen LogP contribution in [0.2, 0.25) is 5.02 Å². The van der Waals surface area contributed by atoms with Gasteiger partial charge in [0.2, 0.25) is 0 Å². The molecule has 21 heavy (non-hydrogen) atoms. The van der Waals surface area contributed by atoms with Crippen molar-refractivity contribution in [3.8, 4) is 5.75 Å². The number of nitrogens with two attached hydrogens (primary N) is 1. The number of ether oxygens (including phenoxy) is 1. The van der Waals surface area contributed by atoms with E-state index in [4.69, 9.17) is 22.1 Å². The Labute approximate surface area is 128 Å². The molecule has 0 radical (unpaired) electrons. The number of rotatable bonds is 4. The fraction of sp³-hybridized carbons (Fsp3) is 0.188. The monoisotopic (exact) mass is 304 g/mol. The summed E-state index contributed by atoms with van der Waals surface area (Å²) in [5.74, 6) is 0.349. The van der Waals surface area contributed by atoms with Crippen molar-refractivity contribution in [3.63, 3.8) is 0 Å². The number of carbonyl (C=O) groups is 1. The third-order valence-electron chi connectivity index (χ3n) is 3.22. The van der Waals surface area contributed by atoms with Gasteiger partial charge in [-0.3, -0.25) is 4.79 Å². The summed E-state index contributed by atoms with van der Waals surface area (Å²) in [7, 11) is 1.55. The number of carbonyl (C=O) groups excluding carboxylic acids is 1. The molecule has 2 rings (SSSR count). The van der Waals surface area contributed by atoms with Crippen molar-refractivity contribution in [3.05, 3.63) is 58.6 Å². The third-order valence-corrected chi connectivity index (χ3v) is 3.47. The summed E-state index contributed by atoms with van der Waals surface area (Å²) in [5, 5.41) is 3.57. The van der Waals surface area contributed by atoms with Gasteiger partial charge in [0.15, 0.2) is 0 Å². The summed E-state index contributed by atoms with van der Waals surface area (Å²) < 4.78 is 5.11. The van der Waals surface area contributed by atoms with Gasteiger partial charge in [-0.15, -0.1) is 0 Å². The molecule has 0 aliphatic carbocycles. The molecule has 0 bridgehead atoms. The molecule has 4 nitrogen and oxygen atoms in total. The zero-order chi connectivity index (χ0) is 15.4. The van der Waals surface area contributed by atoms with Crippen LogP contribution < -0.4 is 15.8 Å². The number of benzene rings is 2. The van der Waals surface area contributed by atoms with E-state index in [1.54, 1.807) is 37.4 Å². The van der Waals surface area contributed by atoms with Crippen LogP contribution in [0.1, 0.15) is 28.9 Å². The van der Waals surface area contributed by atoms with E-state index in [9.17, 15) is 4.79 Å². The predicted molar refractivity (Wildman–Crippen MR) is 84.7 cm³/mol. The number of anilines is 1. The molecule has 0 heterocycles. The number of halogens is 1. The van der Waals surface area contributed by atoms with E-state index < -0.39 is 0 Å². The second-order valence-electron chi connectivity index (χ2n) is 4.70. The summed E-state index contributed by atoms with van der Waals surface area (Å²) in [6, 6.07) is 12.2. The van der Waals surface area contributed by atoms with Gasteiger partial charge in [0.05, 0.1) is 18.7 Å². The zero-order valence-corrected chi connectivity index (χ0v) is 12.6. The molecule has 0 aliphatic heterocycles. The van der Waals surface area contributed by atoms with Crippen molar-refractivity contribution in [2.75, 3.05) is 12.8 Å². The van der Waals surface area contributed by atoms with Crippen LogP contribution in [0, 0.1) is 0 Å². The molecule has 3 N–H and O–H groups in total. The second-order valence-corrected chi connectivity index (χ2v) is 5.14. The highest BCUT2D eigenvalue weighted by Crippen LogP contribution is 2.21. The van der Waals surface area contributed by atoms with Gasteiger partial charge in [0.25, 0.3) is 5.91 Å². The number of hydrogen-bond acceptors (Lipinski definition) is 3. The van der Waals surface area contributed by atoms with Crippen LogP contribution in [-0.2, 0) is 0 Å². The van der Waals surface area contributed by atoms with Gasteiger partial charge in [-0.2, -0.15) is 0 Å². The van der Waals surface area contributed by atoms with E-state index in [2.05, 4.69) is 5.32 Å². The third kappa shape index (κ3) is 3.67. The van der Waals surface area contributed by atoms with Gasteiger partial charge in [0.1, 0.15) is 5.75 Å². The first-order valence-electron chi connectivity index (χ1n) is 6.51. The first-order chi connectivity index (χ1) is 10.0. The van der Waals surface area contributed by atoms with Crippen LogP contribution in [-0.4, -0.2) is 13.0 Å². The van der Waals surface area contributed by atoms with Crippen molar-refractivity contribution < 1.29 is 9.53 Å². The van der Waals surface area contributed by atoms with Gasteiger partial charge in [-0.1, -0.05) is 23.7 Å². The fourth-order valence-corrected chi connectivity index (χ4v) is 2.09. The summed E-state index contributed by atoms with van der Waals surface area (Å²) >= 11 is 5.85. The van der Waals surface area contributed by atoms with E-state index in [1.807, 2.05) is 19.1 Å². The molecule has 110 valence electrons. The molecule has 0 aliphatic rings. The van der Waals surface area contributed by atoms with Crippen molar-refractivity contribution in [1.82, 2.24) is 5.32 Å². The Kier molecular flexibility index (Phi) is 4.70. The van der Waals surface area contributed by atoms with E-state index in [1.165, 1.54) is 0 Å². The lowest BCUT2D eigenvalue weighted by Crippen LogP contribution is -2.27. The molecule has 1 atom stereocenters. The number of nitrogens with one attached hydrogen (secondary N) is 1. The van der Waals surface area contributed by atoms with E-state index >= 15 is 0 Å². The van der Waals surface area contributed by atoms with Crippen LogP contribution in [0.15, 0.2) is 42.5 Å². The number of amides is 1. The standard InChI is InChI=1S/C16H17ClN2O2/c1-10(11-3-5-12(17)6-4-11)19-16(20)14-9-13(21-2)7-8-15(14)18/h3-10H,18H2,1-2H3,(H,19,20)/t10-/m1/s1. The molecular formula is C16H17ClN2O2. The first kappa shape index (κ1) is 15.2. The molecule has 2 aromatic carbocycles.